The van der Waals surface area contributed by atoms with Crippen LogP contribution in [-0.2, 0) is 47.6 Å². The van der Waals surface area contributed by atoms with Crippen LogP contribution in [0.15, 0.2) is 24.3 Å². The molecule has 47 heavy (non-hydrogen) atoms. The van der Waals surface area contributed by atoms with Gasteiger partial charge in [-0.2, -0.15) is 0 Å². The number of benzene rings is 1. The first-order chi connectivity index (χ1) is 21.6. The van der Waals surface area contributed by atoms with Crippen molar-refractivity contribution >= 4 is 48.1 Å². The Bertz CT molecular complexity index is 1290. The van der Waals surface area contributed by atoms with Crippen molar-refractivity contribution in [3.63, 3.8) is 0 Å². The van der Waals surface area contributed by atoms with Gasteiger partial charge in [0.25, 0.3) is 11.8 Å². The Kier molecular flexibility index (Phi) is 14.2. The SMILES string of the molecule is CC(=O)OCC1O[C@@H](OC(C)=O)C(N2C(=O)c3ccccc3C2=O)[C@@H](OC(C)=O)[C@@H]1OC(C)=O.Cl.NC1C(O)OC(CO)[C@@H](O)[C@@H]1O. The van der Waals surface area contributed by atoms with Crippen molar-refractivity contribution in [2.24, 2.45) is 5.73 Å². The molecule has 1 aromatic rings. The van der Waals surface area contributed by atoms with Crippen LogP contribution < -0.4 is 5.73 Å². The molecular formula is C28H37ClN2O16. The Hall–Kier alpha value is -3.75. The van der Waals surface area contributed by atoms with Crippen molar-refractivity contribution in [2.45, 2.75) is 89.0 Å². The topological polar surface area (TPSA) is 268 Å². The van der Waals surface area contributed by atoms with E-state index in [4.69, 9.17) is 44.4 Å². The predicted octanol–water partition coefficient (Wildman–Crippen LogP) is -2.47. The number of aliphatic hydroxyl groups is 4. The van der Waals surface area contributed by atoms with Gasteiger partial charge in [-0.05, 0) is 12.1 Å². The van der Waals surface area contributed by atoms with Gasteiger partial charge in [0.1, 0.15) is 37.1 Å². The number of amides is 2. The van der Waals surface area contributed by atoms with E-state index in [0.29, 0.717) is 0 Å². The first-order valence-electron chi connectivity index (χ1n) is 13.9. The number of carbonyl (C=O) groups excluding carboxylic acids is 6. The Morgan fingerprint density at radius 2 is 1.30 bits per heavy atom. The van der Waals surface area contributed by atoms with E-state index in [1.54, 1.807) is 12.1 Å². The molecule has 2 saturated heterocycles. The molecule has 0 aliphatic carbocycles. The van der Waals surface area contributed by atoms with E-state index < -0.39 is 110 Å². The Morgan fingerprint density at radius 3 is 1.77 bits per heavy atom. The van der Waals surface area contributed by atoms with E-state index in [1.165, 1.54) is 12.1 Å². The quantitative estimate of drug-likeness (QED) is 0.113. The van der Waals surface area contributed by atoms with Crippen LogP contribution in [0.1, 0.15) is 48.4 Å². The van der Waals surface area contributed by atoms with Crippen LogP contribution in [-0.4, -0.2) is 136 Å². The maximum absolute atomic E-state index is 13.2. The van der Waals surface area contributed by atoms with Gasteiger partial charge in [0.2, 0.25) is 6.29 Å². The van der Waals surface area contributed by atoms with Gasteiger partial charge in [0.15, 0.2) is 18.5 Å². The monoisotopic (exact) mass is 692 g/mol. The molecule has 0 bridgehead atoms. The molecule has 262 valence electrons. The van der Waals surface area contributed by atoms with Crippen LogP contribution in [0.5, 0.6) is 0 Å². The van der Waals surface area contributed by atoms with Crippen molar-refractivity contribution in [3.8, 4) is 0 Å². The fourth-order valence-corrected chi connectivity index (χ4v) is 5.01. The molecule has 19 heteroatoms. The minimum atomic E-state index is -1.63. The number of halogens is 1. The second-order valence-electron chi connectivity index (χ2n) is 10.4. The number of imide groups is 1. The number of hydrogen-bond donors (Lipinski definition) is 5. The molecule has 3 aliphatic heterocycles. The fraction of sp³-hybridized carbons (Fsp3) is 0.571. The minimum Gasteiger partial charge on any atom is -0.463 e. The van der Waals surface area contributed by atoms with Gasteiger partial charge in [-0.25, -0.2) is 0 Å². The number of nitrogens with two attached hydrogens (primary N) is 1. The van der Waals surface area contributed by atoms with E-state index >= 15 is 0 Å². The Morgan fingerprint density at radius 1 is 0.787 bits per heavy atom. The maximum atomic E-state index is 13.2. The van der Waals surface area contributed by atoms with Gasteiger partial charge in [0, 0.05) is 27.7 Å². The zero-order chi connectivity index (χ0) is 34.5. The van der Waals surface area contributed by atoms with Gasteiger partial charge in [0.05, 0.1) is 23.8 Å². The number of fused-ring (bicyclic) bond motifs is 1. The van der Waals surface area contributed by atoms with E-state index in [1.807, 2.05) is 0 Å². The molecule has 1 aromatic carbocycles. The fourth-order valence-electron chi connectivity index (χ4n) is 5.01. The maximum Gasteiger partial charge on any atom is 0.305 e. The summed E-state index contributed by atoms with van der Waals surface area (Å²) in [5.41, 5.74) is 5.43. The molecule has 3 heterocycles. The summed E-state index contributed by atoms with van der Waals surface area (Å²) >= 11 is 0. The van der Waals surface area contributed by atoms with Crippen molar-refractivity contribution in [3.05, 3.63) is 35.4 Å². The largest absolute Gasteiger partial charge is 0.463 e. The van der Waals surface area contributed by atoms with Gasteiger partial charge < -0.3 is 54.6 Å². The number of carbonyl (C=O) groups is 6. The van der Waals surface area contributed by atoms with Gasteiger partial charge >= 0.3 is 23.9 Å². The molecule has 0 radical (unpaired) electrons. The molecule has 6 N–H and O–H groups in total. The first kappa shape index (κ1) is 39.4. The van der Waals surface area contributed by atoms with E-state index in [0.717, 1.165) is 32.6 Å². The third-order valence-electron chi connectivity index (χ3n) is 7.02. The van der Waals surface area contributed by atoms with Crippen LogP contribution in [0.4, 0.5) is 0 Å². The number of aliphatic hydroxyl groups excluding tert-OH is 4. The van der Waals surface area contributed by atoms with Gasteiger partial charge in [-0.3, -0.25) is 33.7 Å². The second kappa shape index (κ2) is 16.9. The van der Waals surface area contributed by atoms with Crippen LogP contribution in [0.2, 0.25) is 0 Å². The third-order valence-corrected chi connectivity index (χ3v) is 7.02. The molecule has 2 fully saturated rings. The molecule has 0 aromatic heterocycles. The lowest BCUT2D eigenvalue weighted by Gasteiger charge is -2.46. The average molecular weight is 693 g/mol. The lowest BCUT2D eigenvalue weighted by molar-refractivity contribution is -0.278. The van der Waals surface area contributed by atoms with E-state index in [9.17, 15) is 39.0 Å². The summed E-state index contributed by atoms with van der Waals surface area (Å²) < 4.78 is 31.4. The van der Waals surface area contributed by atoms with Crippen LogP contribution >= 0.6 is 12.4 Å². The highest BCUT2D eigenvalue weighted by molar-refractivity contribution is 6.21. The van der Waals surface area contributed by atoms with Crippen molar-refractivity contribution < 1.29 is 77.6 Å². The lowest BCUT2D eigenvalue weighted by Crippen LogP contribution is -2.67. The molecule has 4 rings (SSSR count). The molecule has 5 unspecified atom stereocenters. The number of rotatable bonds is 7. The van der Waals surface area contributed by atoms with Crippen LogP contribution in [0.25, 0.3) is 0 Å². The molecule has 0 spiro atoms. The highest BCUT2D eigenvalue weighted by Gasteiger charge is 2.58. The van der Waals surface area contributed by atoms with Gasteiger partial charge in [-0.15, -0.1) is 12.4 Å². The highest BCUT2D eigenvalue weighted by Crippen LogP contribution is 2.35. The lowest BCUT2D eigenvalue weighted by atomic mass is 9.94. The summed E-state index contributed by atoms with van der Waals surface area (Å²) in [6, 6.07) is 3.45. The molecule has 2 amide bonds. The molecule has 3 aliphatic rings. The zero-order valence-electron chi connectivity index (χ0n) is 25.6. The predicted molar refractivity (Wildman–Crippen MR) is 154 cm³/mol. The highest BCUT2D eigenvalue weighted by atomic mass is 35.5. The summed E-state index contributed by atoms with van der Waals surface area (Å²) in [6.45, 7) is 3.44. The van der Waals surface area contributed by atoms with E-state index in [-0.39, 0.29) is 23.5 Å². The van der Waals surface area contributed by atoms with E-state index in [2.05, 4.69) is 0 Å². The molecule has 18 nitrogen and oxygen atoms in total. The summed E-state index contributed by atoms with van der Waals surface area (Å²) in [6.07, 6.45) is -10.7. The van der Waals surface area contributed by atoms with Crippen molar-refractivity contribution in [1.82, 2.24) is 4.90 Å². The summed E-state index contributed by atoms with van der Waals surface area (Å²) in [7, 11) is 0. The van der Waals surface area contributed by atoms with Crippen LogP contribution in [0, 0.1) is 0 Å². The molecular weight excluding hydrogens is 656 g/mol. The minimum absolute atomic E-state index is 0. The first-order valence-corrected chi connectivity index (χ1v) is 13.9. The normalized spacial score (nSPS) is 31.3. The Labute approximate surface area is 274 Å². The summed E-state index contributed by atoms with van der Waals surface area (Å²) in [5.74, 6) is -4.64. The number of nitrogens with zero attached hydrogens (tertiary/aromatic N) is 1. The van der Waals surface area contributed by atoms with Crippen molar-refractivity contribution in [2.75, 3.05) is 13.2 Å². The smallest absolute Gasteiger partial charge is 0.305 e. The molecule has 0 saturated carbocycles. The standard InChI is InChI=1S/C22H23NO11.C6H13NO5.ClH/c1-10(24)30-9-16-18(31-11(2)25)19(32-12(3)26)17(22(34-16)33-13(4)27)23-20(28)14-7-5-6-8-15(14)21(23)29;7-3-5(10)4(9)2(1-8)12-6(3)11;/h5-8,16-19,22H,9H2,1-4H3;2-6,8-11H,1,7H2;1H/t16?,17?,18-,19-,22-;2?,3?,4-,5-,6?;/m11./s1. The average Bonchev–Trinajstić information content (AvgIpc) is 3.23. The number of esters is 4. The summed E-state index contributed by atoms with van der Waals surface area (Å²) in [4.78, 5) is 74.2. The Balaban J connectivity index is 0.000000498. The second-order valence-corrected chi connectivity index (χ2v) is 10.4. The number of ether oxygens (including phenoxy) is 6. The van der Waals surface area contributed by atoms with Crippen molar-refractivity contribution in [1.29, 1.82) is 0 Å². The summed E-state index contributed by atoms with van der Waals surface area (Å²) in [5, 5.41) is 36.1. The zero-order valence-corrected chi connectivity index (χ0v) is 26.4. The van der Waals surface area contributed by atoms with Gasteiger partial charge in [-0.1, -0.05) is 12.1 Å². The third kappa shape index (κ3) is 9.20. The van der Waals surface area contributed by atoms with Crippen LogP contribution in [0.3, 0.4) is 0 Å². The number of hydrogen-bond acceptors (Lipinski definition) is 17. The molecule has 10 atom stereocenters.